The first-order valence-electron chi connectivity index (χ1n) is 5.68. The molecule has 0 aliphatic carbocycles. The van der Waals surface area contributed by atoms with Crippen LogP contribution in [0.5, 0.6) is 0 Å². The molecule has 4 N–H and O–H groups in total. The van der Waals surface area contributed by atoms with Gasteiger partial charge in [-0.1, -0.05) is 12.1 Å². The predicted octanol–water partition coefficient (Wildman–Crippen LogP) is -0.132. The van der Waals surface area contributed by atoms with Gasteiger partial charge < -0.3 is 20.9 Å². The quantitative estimate of drug-likeness (QED) is 0.653. The van der Waals surface area contributed by atoms with Crippen molar-refractivity contribution >= 4 is 11.9 Å². The molecule has 0 spiro atoms. The first-order chi connectivity index (χ1) is 8.52. The molecule has 0 fully saturated rings. The van der Waals surface area contributed by atoms with Crippen LogP contribution in [0.1, 0.15) is 38.0 Å². The van der Waals surface area contributed by atoms with E-state index in [1.165, 1.54) is 0 Å². The van der Waals surface area contributed by atoms with Gasteiger partial charge in [0.1, 0.15) is 6.04 Å². The highest BCUT2D eigenvalue weighted by Crippen LogP contribution is 2.09. The van der Waals surface area contributed by atoms with Crippen molar-refractivity contribution in [2.75, 3.05) is 6.54 Å². The highest BCUT2D eigenvalue weighted by molar-refractivity contribution is 5.83. The number of nitrogens with zero attached hydrogens (tertiary/aromatic N) is 2. The Balaban J connectivity index is 2.45. The van der Waals surface area contributed by atoms with E-state index in [2.05, 4.69) is 20.8 Å². The number of aromatic nitrogens is 2. The summed E-state index contributed by atoms with van der Waals surface area (Å²) in [6, 6.07) is -1.16. The average Bonchev–Trinajstić information content (AvgIpc) is 2.75. The van der Waals surface area contributed by atoms with E-state index in [1.54, 1.807) is 6.92 Å². The fourth-order valence-electron chi connectivity index (χ4n) is 1.29. The molecule has 0 bridgehead atoms. The summed E-state index contributed by atoms with van der Waals surface area (Å²) in [6.45, 7) is 3.54. The molecule has 0 aliphatic heterocycles. The number of hydrogen-bond acceptors (Lipinski definition) is 5. The smallest absolute Gasteiger partial charge is 0.312 e. The Morgan fingerprint density at radius 3 is 2.83 bits per heavy atom. The molecule has 0 unspecified atom stereocenters. The maximum Gasteiger partial charge on any atom is 0.312 e. The number of rotatable bonds is 6. The van der Waals surface area contributed by atoms with Crippen LogP contribution in [0.4, 0.5) is 4.79 Å². The van der Waals surface area contributed by atoms with Gasteiger partial charge in [0.15, 0.2) is 5.82 Å². The van der Waals surface area contributed by atoms with Crippen LogP contribution in [0.15, 0.2) is 4.52 Å². The van der Waals surface area contributed by atoms with Crippen LogP contribution >= 0.6 is 0 Å². The summed E-state index contributed by atoms with van der Waals surface area (Å²) in [4.78, 5) is 26.0. The zero-order chi connectivity index (χ0) is 13.5. The number of carbonyl (C=O) groups excluding carboxylic acids is 2. The van der Waals surface area contributed by atoms with Gasteiger partial charge in [-0.15, -0.1) is 0 Å². The fourth-order valence-corrected chi connectivity index (χ4v) is 1.29. The van der Waals surface area contributed by atoms with E-state index < -0.39 is 12.1 Å². The predicted molar refractivity (Wildman–Crippen MR) is 62.4 cm³/mol. The molecule has 1 aromatic heterocycles. The molecule has 0 saturated heterocycles. The zero-order valence-corrected chi connectivity index (χ0v) is 10.4. The molecule has 100 valence electrons. The van der Waals surface area contributed by atoms with E-state index >= 15 is 0 Å². The van der Waals surface area contributed by atoms with E-state index in [4.69, 9.17) is 10.3 Å². The molecule has 1 rings (SSSR count). The minimum absolute atomic E-state index is 0.185. The van der Waals surface area contributed by atoms with Gasteiger partial charge >= 0.3 is 6.03 Å². The topological polar surface area (TPSA) is 123 Å². The lowest BCUT2D eigenvalue weighted by molar-refractivity contribution is -0.120. The third-order valence-electron chi connectivity index (χ3n) is 2.13. The van der Waals surface area contributed by atoms with Gasteiger partial charge in [-0.2, -0.15) is 4.98 Å². The fraction of sp³-hybridized carbons (Fsp3) is 0.600. The largest absolute Gasteiger partial charge is 0.352 e. The van der Waals surface area contributed by atoms with Crippen molar-refractivity contribution in [1.29, 1.82) is 0 Å². The Kier molecular flexibility index (Phi) is 5.09. The summed E-state index contributed by atoms with van der Waals surface area (Å²) in [5.41, 5.74) is 4.85. The van der Waals surface area contributed by atoms with Crippen molar-refractivity contribution in [3.8, 4) is 0 Å². The number of carbonyl (C=O) groups is 2. The number of hydrogen-bond donors (Lipinski definition) is 3. The van der Waals surface area contributed by atoms with Crippen molar-refractivity contribution in [2.45, 2.75) is 32.7 Å². The highest BCUT2D eigenvalue weighted by atomic mass is 16.5. The molecule has 1 atom stereocenters. The summed E-state index contributed by atoms with van der Waals surface area (Å²) in [5.74, 6) is 0.575. The monoisotopic (exact) mass is 255 g/mol. The molecule has 0 aromatic carbocycles. The van der Waals surface area contributed by atoms with Crippen molar-refractivity contribution in [3.63, 3.8) is 0 Å². The molecule has 8 heteroatoms. The molecular weight excluding hydrogens is 238 g/mol. The maximum absolute atomic E-state index is 11.4. The number of nitrogens with two attached hydrogens (primary N) is 1. The van der Waals surface area contributed by atoms with Crippen LogP contribution in [-0.2, 0) is 11.2 Å². The van der Waals surface area contributed by atoms with Crippen molar-refractivity contribution < 1.29 is 14.1 Å². The van der Waals surface area contributed by atoms with Crippen molar-refractivity contribution in [2.24, 2.45) is 5.73 Å². The van der Waals surface area contributed by atoms with Crippen molar-refractivity contribution in [3.05, 3.63) is 11.7 Å². The molecule has 0 aliphatic rings. The maximum atomic E-state index is 11.4. The lowest BCUT2D eigenvalue weighted by Crippen LogP contribution is -2.40. The van der Waals surface area contributed by atoms with Crippen LogP contribution in [0.3, 0.4) is 0 Å². The van der Waals surface area contributed by atoms with Crippen molar-refractivity contribution in [1.82, 2.24) is 20.8 Å². The Labute approximate surface area is 104 Å². The third-order valence-corrected chi connectivity index (χ3v) is 2.13. The molecular formula is C10H17N5O3. The first kappa shape index (κ1) is 13.9. The second kappa shape index (κ2) is 6.58. The number of amides is 3. The number of nitrogens with one attached hydrogen (secondary N) is 2. The lowest BCUT2D eigenvalue weighted by Gasteiger charge is -2.09. The summed E-state index contributed by atoms with van der Waals surface area (Å²) < 4.78 is 5.02. The standard InChI is InChI=1S/C10H17N5O3/c1-3-4-7-14-9(18-15-7)6(2)13-8(16)5-12-10(11)17/h6H,3-5H2,1-2H3,(H,13,16)(H3,11,12,17)/t6-/m1/s1. The third kappa shape index (κ3) is 4.40. The van der Waals surface area contributed by atoms with Crippen LogP contribution in [-0.4, -0.2) is 28.6 Å². The summed E-state index contributed by atoms with van der Waals surface area (Å²) in [5, 5.41) is 8.57. The molecule has 3 amide bonds. The van der Waals surface area contributed by atoms with Gasteiger partial charge in [0, 0.05) is 6.42 Å². The minimum atomic E-state index is -0.749. The lowest BCUT2D eigenvalue weighted by atomic mass is 10.3. The number of primary amides is 1. The van der Waals surface area contributed by atoms with Gasteiger partial charge in [-0.05, 0) is 13.3 Å². The summed E-state index contributed by atoms with van der Waals surface area (Å²) >= 11 is 0. The highest BCUT2D eigenvalue weighted by Gasteiger charge is 2.16. The number of aryl methyl sites for hydroxylation is 1. The second-order valence-corrected chi connectivity index (χ2v) is 3.81. The Bertz CT molecular complexity index is 417. The molecule has 0 saturated carbocycles. The Morgan fingerprint density at radius 2 is 2.22 bits per heavy atom. The first-order valence-corrected chi connectivity index (χ1v) is 5.68. The van der Waals surface area contributed by atoms with Gasteiger partial charge in [-0.25, -0.2) is 4.79 Å². The van der Waals surface area contributed by atoms with Gasteiger partial charge in [0.25, 0.3) is 0 Å². The Morgan fingerprint density at radius 1 is 1.50 bits per heavy atom. The van der Waals surface area contributed by atoms with Gasteiger partial charge in [0.2, 0.25) is 11.8 Å². The number of urea groups is 1. The van der Waals surface area contributed by atoms with E-state index in [0.717, 1.165) is 12.8 Å². The van der Waals surface area contributed by atoms with Gasteiger partial charge in [-0.3, -0.25) is 4.79 Å². The van der Waals surface area contributed by atoms with E-state index in [0.29, 0.717) is 11.7 Å². The molecule has 1 aromatic rings. The zero-order valence-electron chi connectivity index (χ0n) is 10.4. The molecule has 8 nitrogen and oxygen atoms in total. The molecule has 0 radical (unpaired) electrons. The molecule has 1 heterocycles. The minimum Gasteiger partial charge on any atom is -0.352 e. The normalized spacial score (nSPS) is 11.9. The summed E-state index contributed by atoms with van der Waals surface area (Å²) in [6.07, 6.45) is 1.65. The Hall–Kier alpha value is -2.12. The summed E-state index contributed by atoms with van der Waals surface area (Å²) in [7, 11) is 0. The van der Waals surface area contributed by atoms with Crippen LogP contribution in [0.25, 0.3) is 0 Å². The molecule has 18 heavy (non-hydrogen) atoms. The van der Waals surface area contributed by atoms with Gasteiger partial charge in [0.05, 0.1) is 6.54 Å². The van der Waals surface area contributed by atoms with E-state index in [-0.39, 0.29) is 12.5 Å². The van der Waals surface area contributed by atoms with Crippen LogP contribution in [0.2, 0.25) is 0 Å². The second-order valence-electron chi connectivity index (χ2n) is 3.81. The van der Waals surface area contributed by atoms with E-state index in [9.17, 15) is 9.59 Å². The van der Waals surface area contributed by atoms with Crippen LogP contribution < -0.4 is 16.4 Å². The average molecular weight is 255 g/mol. The van der Waals surface area contributed by atoms with Crippen LogP contribution in [0, 0.1) is 0 Å². The van der Waals surface area contributed by atoms with E-state index in [1.807, 2.05) is 6.92 Å². The SMILES string of the molecule is CCCc1noc([C@@H](C)NC(=O)CNC(N)=O)n1.